The van der Waals surface area contributed by atoms with Crippen molar-refractivity contribution in [2.45, 2.75) is 33.7 Å². The molecule has 7 nitrogen and oxygen atoms in total. The molecular weight excluding hydrogens is 236 g/mol. The van der Waals surface area contributed by atoms with Crippen LogP contribution >= 0.6 is 0 Å². The summed E-state index contributed by atoms with van der Waals surface area (Å²) in [5, 5.41) is 17.4. The molecule has 100 valence electrons. The van der Waals surface area contributed by atoms with E-state index in [0.29, 0.717) is 18.2 Å². The zero-order chi connectivity index (χ0) is 13.9. The molecule has 0 aliphatic carbocycles. The molecule has 1 rings (SSSR count). The van der Waals surface area contributed by atoms with Crippen LogP contribution in [0.15, 0.2) is 6.20 Å². The molecule has 1 unspecified atom stereocenters. The molecule has 0 fully saturated rings. The SMILES string of the molecule is Cc1c([N+](=O)[O-])cnn1C(C)C(=O)NCC(C)C. The van der Waals surface area contributed by atoms with Crippen LogP contribution in [0, 0.1) is 23.0 Å². The maximum atomic E-state index is 11.8. The highest BCUT2D eigenvalue weighted by Gasteiger charge is 2.23. The van der Waals surface area contributed by atoms with Crippen LogP contribution in [0.2, 0.25) is 0 Å². The number of hydrogen-bond donors (Lipinski definition) is 1. The average Bonchev–Trinajstić information content (AvgIpc) is 2.66. The molecule has 0 spiro atoms. The van der Waals surface area contributed by atoms with Gasteiger partial charge in [-0.15, -0.1) is 0 Å². The molecule has 0 saturated carbocycles. The zero-order valence-electron chi connectivity index (χ0n) is 11.0. The van der Waals surface area contributed by atoms with Crippen molar-refractivity contribution in [1.82, 2.24) is 15.1 Å². The van der Waals surface area contributed by atoms with E-state index in [2.05, 4.69) is 10.4 Å². The van der Waals surface area contributed by atoms with E-state index in [1.165, 1.54) is 10.9 Å². The van der Waals surface area contributed by atoms with Gasteiger partial charge in [0.15, 0.2) is 0 Å². The number of nitro groups is 1. The number of aromatic nitrogens is 2. The lowest BCUT2D eigenvalue weighted by atomic mass is 10.2. The molecular formula is C11H18N4O3. The number of carbonyl (C=O) groups excluding carboxylic acids is 1. The van der Waals surface area contributed by atoms with Crippen molar-refractivity contribution in [3.63, 3.8) is 0 Å². The smallest absolute Gasteiger partial charge is 0.309 e. The Morgan fingerprint density at radius 3 is 2.61 bits per heavy atom. The summed E-state index contributed by atoms with van der Waals surface area (Å²) in [6.45, 7) is 7.81. The van der Waals surface area contributed by atoms with Gasteiger partial charge in [-0.2, -0.15) is 5.10 Å². The summed E-state index contributed by atoms with van der Waals surface area (Å²) in [4.78, 5) is 22.0. The second kappa shape index (κ2) is 5.61. The van der Waals surface area contributed by atoms with Crippen molar-refractivity contribution in [2.24, 2.45) is 5.92 Å². The Balaban J connectivity index is 2.81. The van der Waals surface area contributed by atoms with Crippen molar-refractivity contribution < 1.29 is 9.72 Å². The number of rotatable bonds is 5. The van der Waals surface area contributed by atoms with Gasteiger partial charge >= 0.3 is 5.69 Å². The van der Waals surface area contributed by atoms with Crippen LogP contribution < -0.4 is 5.32 Å². The van der Waals surface area contributed by atoms with E-state index in [-0.39, 0.29) is 11.6 Å². The summed E-state index contributed by atoms with van der Waals surface area (Å²) in [6.07, 6.45) is 1.17. The maximum Gasteiger partial charge on any atom is 0.309 e. The van der Waals surface area contributed by atoms with Gasteiger partial charge in [-0.3, -0.25) is 19.6 Å². The van der Waals surface area contributed by atoms with Crippen molar-refractivity contribution in [1.29, 1.82) is 0 Å². The van der Waals surface area contributed by atoms with Crippen LogP contribution in [-0.4, -0.2) is 27.2 Å². The summed E-state index contributed by atoms with van der Waals surface area (Å²) in [5.74, 6) is 0.166. The van der Waals surface area contributed by atoms with Crippen LogP contribution in [0.25, 0.3) is 0 Å². The summed E-state index contributed by atoms with van der Waals surface area (Å²) < 4.78 is 1.37. The van der Waals surface area contributed by atoms with Gasteiger partial charge < -0.3 is 5.32 Å². The van der Waals surface area contributed by atoms with E-state index in [9.17, 15) is 14.9 Å². The number of nitrogens with zero attached hydrogens (tertiary/aromatic N) is 3. The zero-order valence-corrected chi connectivity index (χ0v) is 11.0. The lowest BCUT2D eigenvalue weighted by Crippen LogP contribution is -2.34. The molecule has 7 heteroatoms. The quantitative estimate of drug-likeness (QED) is 0.635. The Labute approximate surface area is 105 Å². The molecule has 0 aromatic carbocycles. The topological polar surface area (TPSA) is 90.1 Å². The summed E-state index contributed by atoms with van der Waals surface area (Å²) >= 11 is 0. The van der Waals surface area contributed by atoms with E-state index in [4.69, 9.17) is 0 Å². The van der Waals surface area contributed by atoms with Crippen LogP contribution in [-0.2, 0) is 4.79 Å². The third-order valence-corrected chi connectivity index (χ3v) is 2.65. The Bertz CT molecular complexity index is 453. The molecule has 1 aromatic rings. The van der Waals surface area contributed by atoms with Crippen LogP contribution in [0.5, 0.6) is 0 Å². The van der Waals surface area contributed by atoms with Crippen molar-refractivity contribution in [2.75, 3.05) is 6.54 Å². The van der Waals surface area contributed by atoms with E-state index in [1.807, 2.05) is 13.8 Å². The third kappa shape index (κ3) is 3.06. The lowest BCUT2D eigenvalue weighted by molar-refractivity contribution is -0.385. The fourth-order valence-electron chi connectivity index (χ4n) is 1.55. The van der Waals surface area contributed by atoms with Gasteiger partial charge in [-0.1, -0.05) is 13.8 Å². The molecule has 1 amide bonds. The Kier molecular flexibility index (Phi) is 4.41. The van der Waals surface area contributed by atoms with E-state index in [0.717, 1.165) is 0 Å². The molecule has 1 N–H and O–H groups in total. The predicted octanol–water partition coefficient (Wildman–Crippen LogP) is 1.43. The van der Waals surface area contributed by atoms with E-state index >= 15 is 0 Å². The first-order valence-corrected chi connectivity index (χ1v) is 5.80. The van der Waals surface area contributed by atoms with Crippen molar-refractivity contribution in [3.05, 3.63) is 22.0 Å². The van der Waals surface area contributed by atoms with Gasteiger partial charge in [-0.25, -0.2) is 0 Å². The molecule has 0 aliphatic rings. The fraction of sp³-hybridized carbons (Fsp3) is 0.636. The minimum Gasteiger partial charge on any atom is -0.354 e. The minimum absolute atomic E-state index is 0.0708. The summed E-state index contributed by atoms with van der Waals surface area (Å²) in [5.41, 5.74) is 0.311. The number of hydrogen-bond acceptors (Lipinski definition) is 4. The molecule has 0 radical (unpaired) electrons. The van der Waals surface area contributed by atoms with Gasteiger partial charge in [-0.05, 0) is 19.8 Å². The maximum absolute atomic E-state index is 11.8. The summed E-state index contributed by atoms with van der Waals surface area (Å²) in [7, 11) is 0. The van der Waals surface area contributed by atoms with Gasteiger partial charge in [0.1, 0.15) is 17.9 Å². The second-order valence-electron chi connectivity index (χ2n) is 4.63. The average molecular weight is 254 g/mol. The third-order valence-electron chi connectivity index (χ3n) is 2.65. The second-order valence-corrected chi connectivity index (χ2v) is 4.63. The summed E-state index contributed by atoms with van der Waals surface area (Å²) in [6, 6.07) is -0.558. The first-order chi connectivity index (χ1) is 8.34. The largest absolute Gasteiger partial charge is 0.354 e. The highest BCUT2D eigenvalue weighted by Crippen LogP contribution is 2.19. The normalized spacial score (nSPS) is 12.5. The van der Waals surface area contributed by atoms with Gasteiger partial charge in [0.25, 0.3) is 0 Å². The van der Waals surface area contributed by atoms with E-state index < -0.39 is 11.0 Å². The molecule has 18 heavy (non-hydrogen) atoms. The Morgan fingerprint density at radius 1 is 1.56 bits per heavy atom. The lowest BCUT2D eigenvalue weighted by Gasteiger charge is -2.15. The molecule has 1 aromatic heterocycles. The van der Waals surface area contributed by atoms with Gasteiger partial charge in [0, 0.05) is 6.54 Å². The fourth-order valence-corrected chi connectivity index (χ4v) is 1.55. The standard InChI is InChI=1S/C11H18N4O3/c1-7(2)5-12-11(16)9(4)14-8(3)10(6-13-14)15(17)18/h6-7,9H,5H2,1-4H3,(H,12,16). The molecule has 1 heterocycles. The Hall–Kier alpha value is -1.92. The molecule has 0 aliphatic heterocycles. The van der Waals surface area contributed by atoms with Crippen LogP contribution in [0.1, 0.15) is 32.5 Å². The Morgan fingerprint density at radius 2 is 2.17 bits per heavy atom. The highest BCUT2D eigenvalue weighted by molar-refractivity contribution is 5.79. The van der Waals surface area contributed by atoms with Gasteiger partial charge in [0.2, 0.25) is 5.91 Å². The number of amides is 1. The van der Waals surface area contributed by atoms with Crippen molar-refractivity contribution >= 4 is 11.6 Å². The van der Waals surface area contributed by atoms with Crippen LogP contribution in [0.4, 0.5) is 5.69 Å². The number of nitrogens with one attached hydrogen (secondary N) is 1. The number of carbonyl (C=O) groups is 1. The molecule has 1 atom stereocenters. The molecule has 0 bridgehead atoms. The monoisotopic (exact) mass is 254 g/mol. The van der Waals surface area contributed by atoms with Crippen LogP contribution in [0.3, 0.4) is 0 Å². The van der Waals surface area contributed by atoms with Crippen molar-refractivity contribution in [3.8, 4) is 0 Å². The van der Waals surface area contributed by atoms with Gasteiger partial charge in [0.05, 0.1) is 4.92 Å². The first-order valence-electron chi connectivity index (χ1n) is 5.80. The van der Waals surface area contributed by atoms with E-state index in [1.54, 1.807) is 13.8 Å². The first kappa shape index (κ1) is 14.1. The highest BCUT2D eigenvalue weighted by atomic mass is 16.6. The minimum atomic E-state index is -0.558. The predicted molar refractivity (Wildman–Crippen MR) is 66.2 cm³/mol. The molecule has 0 saturated heterocycles.